The Balaban J connectivity index is 0.00000117. The summed E-state index contributed by atoms with van der Waals surface area (Å²) in [4.78, 5) is 0. The van der Waals surface area contributed by atoms with Gasteiger partial charge >= 0.3 is 0 Å². The van der Waals surface area contributed by atoms with Crippen LogP contribution in [0.25, 0.3) is 0 Å². The first kappa shape index (κ1) is 23.3. The van der Waals surface area contributed by atoms with Gasteiger partial charge in [0, 0.05) is 7.11 Å². The second-order valence-corrected chi connectivity index (χ2v) is 11.6. The number of unbranched alkanes of at least 4 members (excludes halogenated alkanes) is 1. The van der Waals surface area contributed by atoms with Crippen LogP contribution in [0.3, 0.4) is 0 Å². The number of rotatable bonds is 5. The molecule has 0 amide bonds. The van der Waals surface area contributed by atoms with E-state index in [1.165, 1.54) is 70.6 Å². The predicted molar refractivity (Wildman–Crippen MR) is 123 cm³/mol. The lowest BCUT2D eigenvalue weighted by Gasteiger charge is -2.54. The Hall–Kier alpha value is -0.340. The van der Waals surface area contributed by atoms with Gasteiger partial charge in [0.25, 0.3) is 0 Å². The molecule has 0 bridgehead atoms. The standard InChI is InChI=1S/C26H44O.CH4O/c1-18(2)7-5-6-8-19-10-12-23-22-11-9-20-17-21(27)13-15-26(20,4)24(22)14-16-25(19,23)3;1-2/h18-21,23,27H,5-17H2,1-4H3;2H,1H3. The van der Waals surface area contributed by atoms with Crippen molar-refractivity contribution in [3.8, 4) is 0 Å². The molecule has 6 atom stereocenters. The molecule has 29 heavy (non-hydrogen) atoms. The lowest BCUT2D eigenvalue weighted by molar-refractivity contribution is 0.0155. The fraction of sp³-hybridized carbons (Fsp3) is 0.926. The van der Waals surface area contributed by atoms with Crippen LogP contribution in [0.5, 0.6) is 0 Å². The van der Waals surface area contributed by atoms with Crippen molar-refractivity contribution in [3.05, 3.63) is 11.1 Å². The van der Waals surface area contributed by atoms with E-state index in [0.717, 1.165) is 43.6 Å². The highest BCUT2D eigenvalue weighted by atomic mass is 16.3. The van der Waals surface area contributed by atoms with Gasteiger partial charge in [-0.1, -0.05) is 58.1 Å². The quantitative estimate of drug-likeness (QED) is 0.386. The van der Waals surface area contributed by atoms with Gasteiger partial charge in [0.15, 0.2) is 0 Å². The molecule has 2 saturated carbocycles. The second-order valence-electron chi connectivity index (χ2n) is 11.6. The minimum Gasteiger partial charge on any atom is -0.400 e. The van der Waals surface area contributed by atoms with Crippen molar-refractivity contribution in [3.63, 3.8) is 0 Å². The van der Waals surface area contributed by atoms with Gasteiger partial charge in [-0.25, -0.2) is 0 Å². The molecule has 0 aromatic heterocycles. The molecule has 4 rings (SSSR count). The maximum absolute atomic E-state index is 10.2. The van der Waals surface area contributed by atoms with Crippen LogP contribution in [0.1, 0.15) is 111 Å². The Morgan fingerprint density at radius 2 is 1.72 bits per heavy atom. The molecule has 2 heteroatoms. The van der Waals surface area contributed by atoms with Crippen molar-refractivity contribution in [2.24, 2.45) is 34.5 Å². The summed E-state index contributed by atoms with van der Waals surface area (Å²) in [6.07, 6.45) is 17.5. The van der Waals surface area contributed by atoms with Crippen LogP contribution < -0.4 is 0 Å². The van der Waals surface area contributed by atoms with E-state index >= 15 is 0 Å². The van der Waals surface area contributed by atoms with Crippen molar-refractivity contribution in [1.82, 2.24) is 0 Å². The first-order valence-electron chi connectivity index (χ1n) is 12.7. The highest BCUT2D eigenvalue weighted by Gasteiger charge is 2.54. The number of aliphatic hydroxyl groups excluding tert-OH is 2. The van der Waals surface area contributed by atoms with Crippen LogP contribution in [-0.4, -0.2) is 23.4 Å². The van der Waals surface area contributed by atoms with Gasteiger partial charge in [0.2, 0.25) is 0 Å². The van der Waals surface area contributed by atoms with Crippen LogP contribution in [0.15, 0.2) is 11.1 Å². The van der Waals surface area contributed by atoms with Crippen LogP contribution in [-0.2, 0) is 0 Å². The van der Waals surface area contributed by atoms with E-state index in [0.29, 0.717) is 10.8 Å². The normalized spacial score (nSPS) is 41.4. The molecule has 2 nitrogen and oxygen atoms in total. The number of allylic oxidation sites excluding steroid dienone is 2. The van der Waals surface area contributed by atoms with Crippen molar-refractivity contribution >= 4 is 0 Å². The summed E-state index contributed by atoms with van der Waals surface area (Å²) in [7, 11) is 1.00. The van der Waals surface area contributed by atoms with Gasteiger partial charge < -0.3 is 10.2 Å². The molecule has 0 heterocycles. The molecule has 0 spiro atoms. The van der Waals surface area contributed by atoms with Crippen LogP contribution in [0.4, 0.5) is 0 Å². The molecule has 0 saturated heterocycles. The zero-order chi connectivity index (χ0) is 21.2. The maximum Gasteiger partial charge on any atom is 0.0543 e. The SMILES string of the molecule is CC(C)CCCCC1CCC2C3=C(CCC12C)C1(C)CCC(O)CC1CC3.CO. The van der Waals surface area contributed by atoms with Gasteiger partial charge in [-0.15, -0.1) is 0 Å². The fourth-order valence-corrected chi connectivity index (χ4v) is 7.96. The van der Waals surface area contributed by atoms with Gasteiger partial charge in [0.05, 0.1) is 6.10 Å². The molecule has 6 unspecified atom stereocenters. The van der Waals surface area contributed by atoms with Gasteiger partial charge in [-0.2, -0.15) is 0 Å². The minimum absolute atomic E-state index is 0.0271. The molecular weight excluding hydrogens is 356 g/mol. The third-order valence-corrected chi connectivity index (χ3v) is 9.74. The number of fused-ring (bicyclic) bond motifs is 4. The Morgan fingerprint density at radius 1 is 0.966 bits per heavy atom. The summed E-state index contributed by atoms with van der Waals surface area (Å²) in [6, 6.07) is 0. The maximum atomic E-state index is 10.2. The molecule has 2 fully saturated rings. The van der Waals surface area contributed by atoms with Crippen LogP contribution >= 0.6 is 0 Å². The largest absolute Gasteiger partial charge is 0.400 e. The zero-order valence-electron chi connectivity index (χ0n) is 20.0. The predicted octanol–water partition coefficient (Wildman–Crippen LogP) is 6.90. The Kier molecular flexibility index (Phi) is 7.58. The average Bonchev–Trinajstić information content (AvgIpc) is 3.03. The summed E-state index contributed by atoms with van der Waals surface area (Å²) in [5.41, 5.74) is 4.81. The van der Waals surface area contributed by atoms with Gasteiger partial charge in [-0.3, -0.25) is 0 Å². The van der Waals surface area contributed by atoms with Crippen molar-refractivity contribution in [2.45, 2.75) is 117 Å². The number of aliphatic hydroxyl groups is 2. The highest BCUT2D eigenvalue weighted by molar-refractivity contribution is 5.34. The van der Waals surface area contributed by atoms with Gasteiger partial charge in [0.1, 0.15) is 0 Å². The van der Waals surface area contributed by atoms with Crippen molar-refractivity contribution in [1.29, 1.82) is 0 Å². The molecule has 4 aliphatic rings. The first-order chi connectivity index (χ1) is 13.8. The van der Waals surface area contributed by atoms with E-state index in [4.69, 9.17) is 5.11 Å². The Bertz CT molecular complexity index is 579. The minimum atomic E-state index is -0.0271. The van der Waals surface area contributed by atoms with E-state index in [-0.39, 0.29) is 6.10 Å². The number of hydrogen-bond acceptors (Lipinski definition) is 2. The van der Waals surface area contributed by atoms with E-state index in [9.17, 15) is 5.11 Å². The third-order valence-electron chi connectivity index (χ3n) is 9.74. The first-order valence-corrected chi connectivity index (χ1v) is 12.7. The fourth-order valence-electron chi connectivity index (χ4n) is 7.96. The average molecular weight is 405 g/mol. The topological polar surface area (TPSA) is 40.5 Å². The molecule has 0 radical (unpaired) electrons. The van der Waals surface area contributed by atoms with Crippen molar-refractivity contribution < 1.29 is 10.2 Å². The Morgan fingerprint density at radius 3 is 2.45 bits per heavy atom. The summed E-state index contributed by atoms with van der Waals surface area (Å²) >= 11 is 0. The van der Waals surface area contributed by atoms with E-state index in [2.05, 4.69) is 27.7 Å². The Labute approximate surface area is 180 Å². The summed E-state index contributed by atoms with van der Waals surface area (Å²) in [5, 5.41) is 17.2. The lowest BCUT2D eigenvalue weighted by atomic mass is 9.51. The smallest absolute Gasteiger partial charge is 0.0543 e. The molecule has 0 aromatic rings. The van der Waals surface area contributed by atoms with Gasteiger partial charge in [-0.05, 0) is 98.7 Å². The van der Waals surface area contributed by atoms with E-state index < -0.39 is 0 Å². The summed E-state index contributed by atoms with van der Waals surface area (Å²) in [6.45, 7) is 9.96. The zero-order valence-corrected chi connectivity index (χ0v) is 20.0. The summed E-state index contributed by atoms with van der Waals surface area (Å²) < 4.78 is 0. The van der Waals surface area contributed by atoms with Crippen LogP contribution in [0, 0.1) is 34.5 Å². The second kappa shape index (κ2) is 9.43. The van der Waals surface area contributed by atoms with E-state index in [1.54, 1.807) is 0 Å². The molecular formula is C27H48O2. The molecule has 0 aliphatic heterocycles. The molecule has 0 aromatic carbocycles. The van der Waals surface area contributed by atoms with E-state index in [1.807, 2.05) is 11.1 Å². The molecule has 168 valence electrons. The monoisotopic (exact) mass is 404 g/mol. The molecule has 2 N–H and O–H groups in total. The van der Waals surface area contributed by atoms with Crippen LogP contribution in [0.2, 0.25) is 0 Å². The highest BCUT2D eigenvalue weighted by Crippen LogP contribution is 2.65. The molecule has 4 aliphatic carbocycles. The number of hydrogen-bond donors (Lipinski definition) is 2. The van der Waals surface area contributed by atoms with Crippen molar-refractivity contribution in [2.75, 3.05) is 7.11 Å². The lowest BCUT2D eigenvalue weighted by Crippen LogP contribution is -2.45. The summed E-state index contributed by atoms with van der Waals surface area (Å²) in [5.74, 6) is 3.48. The third kappa shape index (κ3) is 4.36.